The number of rotatable bonds is 5. The van der Waals surface area contributed by atoms with E-state index in [9.17, 15) is 0 Å². The van der Waals surface area contributed by atoms with Crippen LogP contribution in [0.2, 0.25) is 0 Å². The summed E-state index contributed by atoms with van der Waals surface area (Å²) < 4.78 is 0. The molecule has 2 aromatic carbocycles. The summed E-state index contributed by atoms with van der Waals surface area (Å²) in [6, 6.07) is 15.4. The lowest BCUT2D eigenvalue weighted by Crippen LogP contribution is -2.31. The number of hydrogen-bond donors (Lipinski definition) is 1. The van der Waals surface area contributed by atoms with Crippen molar-refractivity contribution < 1.29 is 0 Å². The fourth-order valence-electron chi connectivity index (χ4n) is 3.04. The highest BCUT2D eigenvalue weighted by Gasteiger charge is 2.19. The Hall–Kier alpha value is -1.80. The van der Waals surface area contributed by atoms with Crippen LogP contribution in [0.15, 0.2) is 42.5 Å². The van der Waals surface area contributed by atoms with Gasteiger partial charge in [0.2, 0.25) is 0 Å². The van der Waals surface area contributed by atoms with Crippen molar-refractivity contribution in [3.63, 3.8) is 0 Å². The topological polar surface area (TPSA) is 29.3 Å². The van der Waals surface area contributed by atoms with Gasteiger partial charge in [-0.15, -0.1) is 0 Å². The van der Waals surface area contributed by atoms with Gasteiger partial charge in [0, 0.05) is 19.3 Å². The number of likely N-dealkylation sites (N-methyl/N-ethyl adjacent to an activating group) is 1. The molecule has 2 N–H and O–H groups in total. The van der Waals surface area contributed by atoms with E-state index in [-0.39, 0.29) is 6.04 Å². The lowest BCUT2D eigenvalue weighted by molar-refractivity contribution is 0.672. The van der Waals surface area contributed by atoms with Crippen LogP contribution in [0, 0.1) is 13.8 Å². The molecule has 0 spiro atoms. The predicted octanol–water partition coefficient (Wildman–Crippen LogP) is 4.00. The maximum Gasteiger partial charge on any atom is 0.0664 e. The molecule has 2 nitrogen and oxygen atoms in total. The fourth-order valence-corrected chi connectivity index (χ4v) is 3.04. The van der Waals surface area contributed by atoms with Crippen molar-refractivity contribution in [1.82, 2.24) is 0 Å². The highest BCUT2D eigenvalue weighted by atomic mass is 15.1. The number of nitrogens with zero attached hydrogens (tertiary/aromatic N) is 1. The highest BCUT2D eigenvalue weighted by molar-refractivity contribution is 5.56. The number of aryl methyl sites for hydroxylation is 3. The average molecular weight is 282 g/mol. The summed E-state index contributed by atoms with van der Waals surface area (Å²) in [5, 5.41) is 0. The standard InChI is InChI=1S/C19H26N2/c1-5-16-8-6-7-9-17(16)19(13-20)21(4)18-11-10-14(2)12-15(18)3/h6-12,19H,5,13,20H2,1-4H3. The third-order valence-electron chi connectivity index (χ3n) is 4.22. The Morgan fingerprint density at radius 1 is 1.10 bits per heavy atom. The van der Waals surface area contributed by atoms with E-state index in [0.717, 1.165) is 6.42 Å². The van der Waals surface area contributed by atoms with E-state index in [1.807, 2.05) is 0 Å². The van der Waals surface area contributed by atoms with Gasteiger partial charge < -0.3 is 10.6 Å². The first-order valence-corrected chi connectivity index (χ1v) is 7.66. The lowest BCUT2D eigenvalue weighted by Gasteiger charge is -2.32. The van der Waals surface area contributed by atoms with E-state index in [2.05, 4.69) is 75.2 Å². The molecule has 1 unspecified atom stereocenters. The molecule has 0 amide bonds. The number of hydrogen-bond acceptors (Lipinski definition) is 2. The molecule has 0 radical (unpaired) electrons. The van der Waals surface area contributed by atoms with Gasteiger partial charge in [-0.2, -0.15) is 0 Å². The van der Waals surface area contributed by atoms with Crippen molar-refractivity contribution >= 4 is 5.69 Å². The SMILES string of the molecule is CCc1ccccc1C(CN)N(C)c1ccc(C)cc1C. The second-order valence-corrected chi connectivity index (χ2v) is 5.70. The van der Waals surface area contributed by atoms with Gasteiger partial charge in [-0.05, 0) is 43.0 Å². The van der Waals surface area contributed by atoms with Crippen molar-refractivity contribution in [2.75, 3.05) is 18.5 Å². The molecule has 2 heteroatoms. The minimum Gasteiger partial charge on any atom is -0.366 e. The van der Waals surface area contributed by atoms with Crippen LogP contribution in [0.3, 0.4) is 0 Å². The van der Waals surface area contributed by atoms with Crippen LogP contribution in [0.25, 0.3) is 0 Å². The van der Waals surface area contributed by atoms with Gasteiger partial charge in [0.25, 0.3) is 0 Å². The second-order valence-electron chi connectivity index (χ2n) is 5.70. The number of anilines is 1. The first-order valence-electron chi connectivity index (χ1n) is 7.66. The number of benzene rings is 2. The van der Waals surface area contributed by atoms with E-state index in [1.54, 1.807) is 0 Å². The Bertz CT molecular complexity index is 604. The lowest BCUT2D eigenvalue weighted by atomic mass is 9.96. The summed E-state index contributed by atoms with van der Waals surface area (Å²) in [5.41, 5.74) is 12.7. The van der Waals surface area contributed by atoms with Crippen molar-refractivity contribution in [3.8, 4) is 0 Å². The van der Waals surface area contributed by atoms with Crippen LogP contribution in [-0.4, -0.2) is 13.6 Å². The van der Waals surface area contributed by atoms with Gasteiger partial charge >= 0.3 is 0 Å². The van der Waals surface area contributed by atoms with Gasteiger partial charge in [-0.1, -0.05) is 48.9 Å². The Balaban J connectivity index is 2.40. The third-order valence-corrected chi connectivity index (χ3v) is 4.22. The van der Waals surface area contributed by atoms with Crippen molar-refractivity contribution in [1.29, 1.82) is 0 Å². The molecule has 0 aliphatic heterocycles. The summed E-state index contributed by atoms with van der Waals surface area (Å²) in [4.78, 5) is 2.31. The molecule has 0 fully saturated rings. The van der Waals surface area contributed by atoms with Gasteiger partial charge in [0.1, 0.15) is 0 Å². The quantitative estimate of drug-likeness (QED) is 0.898. The van der Waals surface area contributed by atoms with Gasteiger partial charge in [0.05, 0.1) is 6.04 Å². The molecule has 0 heterocycles. The minimum absolute atomic E-state index is 0.211. The molecule has 0 saturated heterocycles. The summed E-state index contributed by atoms with van der Waals surface area (Å²) in [6.45, 7) is 7.10. The smallest absolute Gasteiger partial charge is 0.0664 e. The molecular formula is C19H26N2. The van der Waals surface area contributed by atoms with Crippen LogP contribution in [-0.2, 0) is 6.42 Å². The molecule has 0 saturated carbocycles. The van der Waals surface area contributed by atoms with E-state index in [0.29, 0.717) is 6.54 Å². The predicted molar refractivity (Wildman–Crippen MR) is 91.9 cm³/mol. The van der Waals surface area contributed by atoms with Crippen LogP contribution in [0.5, 0.6) is 0 Å². The Kier molecular flexibility index (Phi) is 5.03. The first kappa shape index (κ1) is 15.6. The first-order chi connectivity index (χ1) is 10.1. The van der Waals surface area contributed by atoms with Crippen molar-refractivity contribution in [2.24, 2.45) is 5.73 Å². The molecule has 0 aliphatic rings. The molecule has 2 rings (SSSR count). The van der Waals surface area contributed by atoms with E-state index >= 15 is 0 Å². The third kappa shape index (κ3) is 3.27. The van der Waals surface area contributed by atoms with Crippen molar-refractivity contribution in [2.45, 2.75) is 33.2 Å². The molecule has 2 aromatic rings. The van der Waals surface area contributed by atoms with E-state index in [4.69, 9.17) is 5.73 Å². The van der Waals surface area contributed by atoms with Crippen LogP contribution < -0.4 is 10.6 Å². The van der Waals surface area contributed by atoms with E-state index in [1.165, 1.54) is 27.9 Å². The van der Waals surface area contributed by atoms with Crippen LogP contribution in [0.4, 0.5) is 5.69 Å². The second kappa shape index (κ2) is 6.77. The molecule has 112 valence electrons. The monoisotopic (exact) mass is 282 g/mol. The summed E-state index contributed by atoms with van der Waals surface area (Å²) in [6.07, 6.45) is 1.04. The van der Waals surface area contributed by atoms with Crippen LogP contribution >= 0.6 is 0 Å². The molecule has 0 aliphatic carbocycles. The largest absolute Gasteiger partial charge is 0.366 e. The Morgan fingerprint density at radius 2 is 1.81 bits per heavy atom. The Morgan fingerprint density at radius 3 is 2.43 bits per heavy atom. The minimum atomic E-state index is 0.211. The normalized spacial score (nSPS) is 12.2. The highest BCUT2D eigenvalue weighted by Crippen LogP contribution is 2.30. The average Bonchev–Trinajstić information content (AvgIpc) is 2.48. The number of nitrogens with two attached hydrogens (primary N) is 1. The van der Waals surface area contributed by atoms with Gasteiger partial charge in [-0.25, -0.2) is 0 Å². The summed E-state index contributed by atoms with van der Waals surface area (Å²) in [7, 11) is 2.14. The molecule has 0 bridgehead atoms. The molecule has 21 heavy (non-hydrogen) atoms. The molecule has 0 aromatic heterocycles. The van der Waals surface area contributed by atoms with Crippen LogP contribution in [0.1, 0.15) is 35.2 Å². The zero-order chi connectivity index (χ0) is 15.4. The Labute approximate surface area is 128 Å². The zero-order valence-corrected chi connectivity index (χ0v) is 13.6. The summed E-state index contributed by atoms with van der Waals surface area (Å²) >= 11 is 0. The maximum atomic E-state index is 6.10. The van der Waals surface area contributed by atoms with Gasteiger partial charge in [-0.3, -0.25) is 0 Å². The molecule has 1 atom stereocenters. The summed E-state index contributed by atoms with van der Waals surface area (Å²) in [5.74, 6) is 0. The molecular weight excluding hydrogens is 256 g/mol. The van der Waals surface area contributed by atoms with Crippen molar-refractivity contribution in [3.05, 3.63) is 64.7 Å². The van der Waals surface area contributed by atoms with Gasteiger partial charge in [0.15, 0.2) is 0 Å². The zero-order valence-electron chi connectivity index (χ0n) is 13.6. The van der Waals surface area contributed by atoms with E-state index < -0.39 is 0 Å². The fraction of sp³-hybridized carbons (Fsp3) is 0.368. The maximum absolute atomic E-state index is 6.10.